The lowest BCUT2D eigenvalue weighted by Crippen LogP contribution is -2.61. The van der Waals surface area contributed by atoms with Crippen molar-refractivity contribution in [3.05, 3.63) is 29.3 Å². The zero-order valence-electron chi connectivity index (χ0n) is 13.7. The Labute approximate surface area is 131 Å². The summed E-state index contributed by atoms with van der Waals surface area (Å²) in [5.74, 6) is 0.835. The Morgan fingerprint density at radius 1 is 1.36 bits per heavy atom. The molecule has 1 aliphatic heterocycles. The maximum Gasteiger partial charge on any atom is 0.337 e. The molecule has 3 rings (SSSR count). The molecular formula is C18H24O4. The number of esters is 1. The van der Waals surface area contributed by atoms with Crippen LogP contribution in [0.5, 0.6) is 5.75 Å². The van der Waals surface area contributed by atoms with Crippen molar-refractivity contribution in [2.24, 2.45) is 11.3 Å². The van der Waals surface area contributed by atoms with Gasteiger partial charge in [-0.05, 0) is 42.5 Å². The smallest absolute Gasteiger partial charge is 0.337 e. The van der Waals surface area contributed by atoms with Crippen LogP contribution in [-0.2, 0) is 11.2 Å². The summed E-state index contributed by atoms with van der Waals surface area (Å²) in [6.07, 6.45) is 2.10. The molecule has 1 heterocycles. The van der Waals surface area contributed by atoms with E-state index in [2.05, 4.69) is 20.8 Å². The number of hydrogen-bond acceptors (Lipinski definition) is 4. The molecular weight excluding hydrogens is 280 g/mol. The molecule has 1 aromatic rings. The van der Waals surface area contributed by atoms with E-state index < -0.39 is 5.60 Å². The van der Waals surface area contributed by atoms with Crippen molar-refractivity contribution < 1.29 is 19.4 Å². The third-order valence-electron chi connectivity index (χ3n) is 5.82. The fourth-order valence-corrected chi connectivity index (χ4v) is 4.13. The van der Waals surface area contributed by atoms with E-state index >= 15 is 0 Å². The molecule has 1 aliphatic carbocycles. The highest BCUT2D eigenvalue weighted by molar-refractivity contribution is 5.89. The van der Waals surface area contributed by atoms with E-state index in [0.717, 1.165) is 30.6 Å². The summed E-state index contributed by atoms with van der Waals surface area (Å²) in [5, 5.41) is 10.5. The molecule has 3 unspecified atom stereocenters. The van der Waals surface area contributed by atoms with E-state index in [1.807, 2.05) is 12.1 Å². The van der Waals surface area contributed by atoms with Gasteiger partial charge in [0.15, 0.2) is 0 Å². The molecule has 0 aromatic heterocycles. The summed E-state index contributed by atoms with van der Waals surface area (Å²) in [5.41, 5.74) is 0.817. The molecule has 1 fully saturated rings. The zero-order valence-corrected chi connectivity index (χ0v) is 13.7. The van der Waals surface area contributed by atoms with Crippen molar-refractivity contribution in [1.82, 2.24) is 0 Å². The molecule has 1 aromatic carbocycles. The summed E-state index contributed by atoms with van der Waals surface area (Å²) >= 11 is 0. The minimum atomic E-state index is -0.415. The minimum absolute atomic E-state index is 0.334. The van der Waals surface area contributed by atoms with Crippen molar-refractivity contribution in [1.29, 1.82) is 0 Å². The van der Waals surface area contributed by atoms with E-state index in [1.54, 1.807) is 6.07 Å². The molecule has 1 N–H and O–H groups in total. The zero-order chi connectivity index (χ0) is 16.1. The Morgan fingerprint density at radius 2 is 2.09 bits per heavy atom. The lowest BCUT2D eigenvalue weighted by molar-refractivity contribution is -0.156. The van der Waals surface area contributed by atoms with Crippen molar-refractivity contribution >= 4 is 5.97 Å². The topological polar surface area (TPSA) is 55.8 Å². The van der Waals surface area contributed by atoms with Crippen LogP contribution in [0.1, 0.15) is 49.5 Å². The van der Waals surface area contributed by atoms with Crippen LogP contribution >= 0.6 is 0 Å². The number of methoxy groups -OCH3 is 1. The highest BCUT2D eigenvalue weighted by Crippen LogP contribution is 2.55. The number of hydrogen-bond donors (Lipinski definition) is 1. The largest absolute Gasteiger partial charge is 0.486 e. The van der Waals surface area contributed by atoms with E-state index in [-0.39, 0.29) is 17.5 Å². The maximum atomic E-state index is 11.7. The molecule has 0 saturated heterocycles. The third kappa shape index (κ3) is 1.97. The van der Waals surface area contributed by atoms with Crippen LogP contribution in [0.2, 0.25) is 0 Å². The second kappa shape index (κ2) is 4.98. The molecule has 22 heavy (non-hydrogen) atoms. The second-order valence-corrected chi connectivity index (χ2v) is 7.20. The summed E-state index contributed by atoms with van der Waals surface area (Å²) in [4.78, 5) is 11.7. The molecule has 4 nitrogen and oxygen atoms in total. The van der Waals surface area contributed by atoms with E-state index in [1.165, 1.54) is 7.11 Å². The van der Waals surface area contributed by atoms with Crippen molar-refractivity contribution in [2.45, 2.75) is 51.7 Å². The van der Waals surface area contributed by atoms with Gasteiger partial charge in [0.25, 0.3) is 0 Å². The van der Waals surface area contributed by atoms with Crippen LogP contribution in [0.3, 0.4) is 0 Å². The number of fused-ring (bicyclic) bond motifs is 1. The summed E-state index contributed by atoms with van der Waals surface area (Å²) in [6.45, 7) is 6.36. The molecule has 1 saturated carbocycles. The average Bonchev–Trinajstić information content (AvgIpc) is 2.89. The fourth-order valence-electron chi connectivity index (χ4n) is 4.13. The number of carbonyl (C=O) groups is 1. The SMILES string of the molecule is COC(=O)c1ccc2c(c1)CC1(O2)C(C)CCC(O)C1(C)C. The molecule has 0 radical (unpaired) electrons. The van der Waals surface area contributed by atoms with Gasteiger partial charge in [-0.1, -0.05) is 20.8 Å². The van der Waals surface area contributed by atoms with Crippen molar-refractivity contribution in [3.8, 4) is 5.75 Å². The number of aliphatic hydroxyl groups excluding tert-OH is 1. The third-order valence-corrected chi connectivity index (χ3v) is 5.82. The van der Waals surface area contributed by atoms with Crippen LogP contribution in [0.15, 0.2) is 18.2 Å². The fraction of sp³-hybridized carbons (Fsp3) is 0.611. The van der Waals surface area contributed by atoms with Crippen molar-refractivity contribution in [2.75, 3.05) is 7.11 Å². The second-order valence-electron chi connectivity index (χ2n) is 7.20. The van der Waals surface area contributed by atoms with Gasteiger partial charge in [-0.15, -0.1) is 0 Å². The van der Waals surface area contributed by atoms with Crippen LogP contribution in [0.4, 0.5) is 0 Å². The number of carbonyl (C=O) groups excluding carboxylic acids is 1. The van der Waals surface area contributed by atoms with Gasteiger partial charge in [-0.25, -0.2) is 4.79 Å². The first kappa shape index (κ1) is 15.3. The molecule has 4 heteroatoms. The van der Waals surface area contributed by atoms with Crippen molar-refractivity contribution in [3.63, 3.8) is 0 Å². The monoisotopic (exact) mass is 304 g/mol. The number of ether oxygens (including phenoxy) is 2. The van der Waals surface area contributed by atoms with Crippen LogP contribution in [0, 0.1) is 11.3 Å². The van der Waals surface area contributed by atoms with Crippen LogP contribution in [0.25, 0.3) is 0 Å². The lowest BCUT2D eigenvalue weighted by atomic mass is 9.58. The predicted octanol–water partition coefficient (Wildman–Crippen LogP) is 2.96. The average molecular weight is 304 g/mol. The molecule has 0 amide bonds. The van der Waals surface area contributed by atoms with Crippen LogP contribution in [-0.4, -0.2) is 29.9 Å². The van der Waals surface area contributed by atoms with Gasteiger partial charge in [0.2, 0.25) is 0 Å². The Balaban J connectivity index is 2.00. The highest BCUT2D eigenvalue weighted by atomic mass is 16.5. The molecule has 120 valence electrons. The van der Waals surface area contributed by atoms with Gasteiger partial charge >= 0.3 is 5.97 Å². The summed E-state index contributed by atoms with van der Waals surface area (Å²) in [7, 11) is 1.39. The Bertz CT molecular complexity index is 607. The van der Waals surface area contributed by atoms with E-state index in [9.17, 15) is 9.90 Å². The summed E-state index contributed by atoms with van der Waals surface area (Å²) < 4.78 is 11.2. The normalized spacial score (nSPS) is 32.4. The predicted molar refractivity (Wildman–Crippen MR) is 83.0 cm³/mol. The van der Waals surface area contributed by atoms with Gasteiger partial charge in [-0.3, -0.25) is 0 Å². The molecule has 0 bridgehead atoms. The van der Waals surface area contributed by atoms with E-state index in [4.69, 9.17) is 9.47 Å². The van der Waals surface area contributed by atoms with Gasteiger partial charge in [0.1, 0.15) is 11.4 Å². The first-order valence-corrected chi connectivity index (χ1v) is 7.90. The van der Waals surface area contributed by atoms with Gasteiger partial charge < -0.3 is 14.6 Å². The Kier molecular flexibility index (Phi) is 3.48. The van der Waals surface area contributed by atoms with Crippen LogP contribution < -0.4 is 4.74 Å². The first-order valence-electron chi connectivity index (χ1n) is 7.90. The molecule has 2 aliphatic rings. The Morgan fingerprint density at radius 3 is 2.77 bits per heavy atom. The standard InChI is InChI=1S/C18H24O4/c1-11-5-8-15(19)17(2,3)18(11)10-13-9-12(16(20)21-4)6-7-14(13)22-18/h6-7,9,11,15,19H,5,8,10H2,1-4H3. The van der Waals surface area contributed by atoms with Gasteiger partial charge in [0.05, 0.1) is 18.8 Å². The van der Waals surface area contributed by atoms with Gasteiger partial charge in [0, 0.05) is 11.8 Å². The lowest BCUT2D eigenvalue weighted by Gasteiger charge is -2.53. The maximum absolute atomic E-state index is 11.7. The quantitative estimate of drug-likeness (QED) is 0.810. The number of rotatable bonds is 1. The summed E-state index contributed by atoms with van der Waals surface area (Å²) in [6, 6.07) is 5.44. The minimum Gasteiger partial charge on any atom is -0.486 e. The highest BCUT2D eigenvalue weighted by Gasteiger charge is 2.59. The molecule has 3 atom stereocenters. The Hall–Kier alpha value is -1.55. The number of benzene rings is 1. The van der Waals surface area contributed by atoms with E-state index in [0.29, 0.717) is 11.5 Å². The first-order chi connectivity index (χ1) is 10.3. The molecule has 1 spiro atoms. The number of aliphatic hydroxyl groups is 1. The van der Waals surface area contributed by atoms with Gasteiger partial charge in [-0.2, -0.15) is 0 Å².